The van der Waals surface area contributed by atoms with Crippen molar-refractivity contribution in [1.29, 1.82) is 0 Å². The van der Waals surface area contributed by atoms with Crippen LogP contribution in [-0.4, -0.2) is 47.8 Å². The zero-order valence-corrected chi connectivity index (χ0v) is 10.1. The van der Waals surface area contributed by atoms with Gasteiger partial charge < -0.3 is 14.7 Å². The summed E-state index contributed by atoms with van der Waals surface area (Å²) < 4.78 is 4.22. The van der Waals surface area contributed by atoms with Crippen LogP contribution in [0, 0.1) is 0 Å². The Morgan fingerprint density at radius 2 is 2.12 bits per heavy atom. The first kappa shape index (κ1) is 13.1. The van der Waals surface area contributed by atoms with Gasteiger partial charge in [0.25, 0.3) is 0 Å². The third-order valence-corrected chi connectivity index (χ3v) is 2.57. The van der Waals surface area contributed by atoms with Crippen LogP contribution in [0.25, 0.3) is 0 Å². The Morgan fingerprint density at radius 3 is 2.62 bits per heavy atom. The van der Waals surface area contributed by atoms with E-state index in [1.54, 1.807) is 0 Å². The van der Waals surface area contributed by atoms with Crippen LogP contribution >= 0.6 is 0 Å². The average Bonchev–Trinajstić information content (AvgIpc) is 2.90. The number of aromatic nitrogens is 2. The molecule has 2 heterocycles. The highest BCUT2D eigenvalue weighted by molar-refractivity contribution is 4.66. The van der Waals surface area contributed by atoms with Crippen molar-refractivity contribution in [3.8, 4) is 0 Å². The standard InChI is InChI=1S/C9H20N2.C2H2N2O/c1-2-3-4-7-11-8-5-10-6-9-11;1-3-2-5-4-1/h10H,2-9H2,1H3;1-2H. The normalized spacial score (nSPS) is 16.6. The largest absolute Gasteiger partial charge is 0.343 e. The minimum Gasteiger partial charge on any atom is -0.343 e. The Kier molecular flexibility index (Phi) is 7.63. The van der Waals surface area contributed by atoms with Crippen LogP contribution in [0.15, 0.2) is 17.2 Å². The molecule has 1 aromatic heterocycles. The van der Waals surface area contributed by atoms with Crippen molar-refractivity contribution >= 4 is 0 Å². The molecule has 1 N–H and O–H groups in total. The quantitative estimate of drug-likeness (QED) is 0.781. The van der Waals surface area contributed by atoms with Gasteiger partial charge in [-0.05, 0) is 13.0 Å². The summed E-state index contributed by atoms with van der Waals surface area (Å²) >= 11 is 0. The molecule has 0 unspecified atom stereocenters. The van der Waals surface area contributed by atoms with Crippen molar-refractivity contribution in [2.75, 3.05) is 32.7 Å². The maximum atomic E-state index is 4.22. The first-order valence-electron chi connectivity index (χ1n) is 6.06. The SMILES string of the molecule is CCCCCN1CCNCC1.c1ncon1. The van der Waals surface area contributed by atoms with E-state index in [2.05, 4.69) is 31.8 Å². The molecule has 1 saturated heterocycles. The van der Waals surface area contributed by atoms with E-state index in [0.29, 0.717) is 0 Å². The molecule has 0 radical (unpaired) electrons. The van der Waals surface area contributed by atoms with Crippen molar-refractivity contribution in [3.05, 3.63) is 12.7 Å². The minimum atomic E-state index is 1.19. The van der Waals surface area contributed by atoms with E-state index in [1.165, 1.54) is 64.7 Å². The Hall–Kier alpha value is -0.940. The lowest BCUT2D eigenvalue weighted by atomic mass is 10.2. The number of nitrogens with zero attached hydrogens (tertiary/aromatic N) is 3. The predicted octanol–water partition coefficient (Wildman–Crippen LogP) is 1.15. The maximum Gasteiger partial charge on any atom is 0.213 e. The third kappa shape index (κ3) is 6.53. The summed E-state index contributed by atoms with van der Waals surface area (Å²) in [5.74, 6) is 0. The Labute approximate surface area is 97.2 Å². The smallest absolute Gasteiger partial charge is 0.213 e. The van der Waals surface area contributed by atoms with Crippen LogP contribution in [0.2, 0.25) is 0 Å². The summed E-state index contributed by atoms with van der Waals surface area (Å²) in [4.78, 5) is 6.01. The molecule has 16 heavy (non-hydrogen) atoms. The summed E-state index contributed by atoms with van der Waals surface area (Å²) in [6.45, 7) is 8.46. The van der Waals surface area contributed by atoms with Crippen LogP contribution in [0.1, 0.15) is 26.2 Å². The molecular weight excluding hydrogens is 204 g/mol. The topological polar surface area (TPSA) is 54.2 Å². The lowest BCUT2D eigenvalue weighted by Gasteiger charge is -2.26. The third-order valence-electron chi connectivity index (χ3n) is 2.57. The van der Waals surface area contributed by atoms with Gasteiger partial charge in [0.2, 0.25) is 6.39 Å². The van der Waals surface area contributed by atoms with Gasteiger partial charge in [-0.3, -0.25) is 0 Å². The van der Waals surface area contributed by atoms with Gasteiger partial charge in [-0.2, -0.15) is 0 Å². The van der Waals surface area contributed by atoms with E-state index in [0.717, 1.165) is 0 Å². The van der Waals surface area contributed by atoms with Crippen LogP contribution in [0.4, 0.5) is 0 Å². The van der Waals surface area contributed by atoms with Gasteiger partial charge in [-0.1, -0.05) is 24.9 Å². The second kappa shape index (κ2) is 9.30. The van der Waals surface area contributed by atoms with Gasteiger partial charge in [0.05, 0.1) is 0 Å². The molecule has 1 aromatic rings. The van der Waals surface area contributed by atoms with Crippen molar-refractivity contribution in [3.63, 3.8) is 0 Å². The van der Waals surface area contributed by atoms with E-state index in [-0.39, 0.29) is 0 Å². The molecule has 2 rings (SSSR count). The van der Waals surface area contributed by atoms with Crippen molar-refractivity contribution in [1.82, 2.24) is 20.4 Å². The molecule has 0 atom stereocenters. The van der Waals surface area contributed by atoms with Gasteiger partial charge in [-0.25, -0.2) is 4.98 Å². The van der Waals surface area contributed by atoms with Gasteiger partial charge >= 0.3 is 0 Å². The fourth-order valence-electron chi connectivity index (χ4n) is 1.66. The Balaban J connectivity index is 0.000000212. The van der Waals surface area contributed by atoms with Crippen LogP contribution in [0.3, 0.4) is 0 Å². The highest BCUT2D eigenvalue weighted by Crippen LogP contribution is 1.98. The van der Waals surface area contributed by atoms with E-state index in [9.17, 15) is 0 Å². The van der Waals surface area contributed by atoms with E-state index >= 15 is 0 Å². The molecule has 0 aromatic carbocycles. The molecule has 0 aliphatic carbocycles. The van der Waals surface area contributed by atoms with Gasteiger partial charge in [-0.15, -0.1) is 0 Å². The first-order chi connectivity index (χ1) is 7.93. The molecule has 0 saturated carbocycles. The molecule has 5 nitrogen and oxygen atoms in total. The first-order valence-corrected chi connectivity index (χ1v) is 6.06. The summed E-state index contributed by atoms with van der Waals surface area (Å²) in [5.41, 5.74) is 0. The van der Waals surface area contributed by atoms with Gasteiger partial charge in [0.1, 0.15) is 0 Å². The fraction of sp³-hybridized carbons (Fsp3) is 0.818. The molecule has 1 fully saturated rings. The molecular formula is C11H22N4O. The Morgan fingerprint density at radius 1 is 1.31 bits per heavy atom. The van der Waals surface area contributed by atoms with Crippen LogP contribution < -0.4 is 5.32 Å². The van der Waals surface area contributed by atoms with E-state index in [4.69, 9.17) is 0 Å². The summed E-state index contributed by atoms with van der Waals surface area (Å²) in [7, 11) is 0. The zero-order valence-electron chi connectivity index (χ0n) is 10.1. The molecule has 0 amide bonds. The van der Waals surface area contributed by atoms with E-state index in [1.807, 2.05) is 0 Å². The van der Waals surface area contributed by atoms with Crippen molar-refractivity contribution in [2.45, 2.75) is 26.2 Å². The lowest BCUT2D eigenvalue weighted by Crippen LogP contribution is -2.43. The molecule has 1 aliphatic heterocycles. The van der Waals surface area contributed by atoms with Crippen molar-refractivity contribution < 1.29 is 4.52 Å². The number of piperazine rings is 1. The van der Waals surface area contributed by atoms with Crippen LogP contribution in [0.5, 0.6) is 0 Å². The highest BCUT2D eigenvalue weighted by atomic mass is 16.5. The summed E-state index contributed by atoms with van der Waals surface area (Å²) in [6.07, 6.45) is 6.71. The zero-order chi connectivity index (χ0) is 11.5. The molecule has 5 heteroatoms. The Bertz CT molecular complexity index is 205. The molecule has 1 aliphatic rings. The lowest BCUT2D eigenvalue weighted by molar-refractivity contribution is 0.236. The maximum absolute atomic E-state index is 4.22. The molecule has 0 spiro atoms. The molecule has 0 bridgehead atoms. The second-order valence-electron chi connectivity index (χ2n) is 3.88. The number of rotatable bonds is 4. The van der Waals surface area contributed by atoms with Crippen LogP contribution in [-0.2, 0) is 0 Å². The number of hydrogen-bond acceptors (Lipinski definition) is 5. The van der Waals surface area contributed by atoms with Gasteiger partial charge in [0, 0.05) is 26.2 Å². The monoisotopic (exact) mass is 226 g/mol. The highest BCUT2D eigenvalue weighted by Gasteiger charge is 2.07. The predicted molar refractivity (Wildman–Crippen MR) is 63.1 cm³/mol. The van der Waals surface area contributed by atoms with E-state index < -0.39 is 0 Å². The van der Waals surface area contributed by atoms with Crippen molar-refractivity contribution in [2.24, 2.45) is 0 Å². The summed E-state index contributed by atoms with van der Waals surface area (Å²) in [5, 5.41) is 6.60. The summed E-state index contributed by atoms with van der Waals surface area (Å²) in [6, 6.07) is 0. The molecule has 92 valence electrons. The number of hydrogen-bond donors (Lipinski definition) is 1. The minimum absolute atomic E-state index is 1.19. The second-order valence-corrected chi connectivity index (χ2v) is 3.88. The van der Waals surface area contributed by atoms with Gasteiger partial charge in [0.15, 0.2) is 6.33 Å². The average molecular weight is 226 g/mol. The fourth-order valence-corrected chi connectivity index (χ4v) is 1.66. The number of nitrogens with one attached hydrogen (secondary N) is 1. The number of unbranched alkanes of at least 4 members (excludes halogenated alkanes) is 2.